The lowest BCUT2D eigenvalue weighted by Gasteiger charge is -2.38. The first kappa shape index (κ1) is 20.9. The van der Waals surface area contributed by atoms with Crippen LogP contribution in [-0.4, -0.2) is 36.1 Å². The first-order valence-electron chi connectivity index (χ1n) is 10.2. The van der Waals surface area contributed by atoms with Crippen molar-refractivity contribution in [2.75, 3.05) is 23.8 Å². The summed E-state index contributed by atoms with van der Waals surface area (Å²) in [5, 5.41) is 6.19. The third-order valence-electron chi connectivity index (χ3n) is 5.73. The van der Waals surface area contributed by atoms with Gasteiger partial charge in [0.05, 0.1) is 11.3 Å². The second kappa shape index (κ2) is 8.07. The van der Waals surface area contributed by atoms with Crippen LogP contribution >= 0.6 is 23.1 Å². The van der Waals surface area contributed by atoms with E-state index in [4.69, 9.17) is 0 Å². The number of carbonyl (C=O) groups excluding carboxylic acids is 3. The van der Waals surface area contributed by atoms with E-state index in [1.807, 2.05) is 31.2 Å². The highest BCUT2D eigenvalue weighted by atomic mass is 32.2. The quantitative estimate of drug-likeness (QED) is 0.704. The molecule has 1 aliphatic carbocycles. The molecule has 1 aromatic carbocycles. The standard InChI is InChI=1S/C22H25N3O3S2/c1-4-25-14-10-6-8-12-16(14)30-22(2,21(25)28)20(27)24-19-17(18(26)23-3)13-9-5-7-11-15(13)29-19/h6,8,10,12H,4-5,7,9,11H2,1-3H3,(H,23,26)(H,24,27). The van der Waals surface area contributed by atoms with Gasteiger partial charge in [-0.3, -0.25) is 14.4 Å². The molecule has 30 heavy (non-hydrogen) atoms. The van der Waals surface area contributed by atoms with Crippen molar-refractivity contribution < 1.29 is 14.4 Å². The van der Waals surface area contributed by atoms with Crippen molar-refractivity contribution in [1.82, 2.24) is 5.32 Å². The fraction of sp³-hybridized carbons (Fsp3) is 0.409. The molecule has 6 nitrogen and oxygen atoms in total. The summed E-state index contributed by atoms with van der Waals surface area (Å²) >= 11 is 2.73. The summed E-state index contributed by atoms with van der Waals surface area (Å²) in [6.07, 6.45) is 3.88. The predicted octanol–water partition coefficient (Wildman–Crippen LogP) is 3.84. The summed E-state index contributed by atoms with van der Waals surface area (Å²) in [7, 11) is 1.60. The number of aryl methyl sites for hydroxylation is 1. The van der Waals surface area contributed by atoms with Crippen LogP contribution in [0.25, 0.3) is 0 Å². The van der Waals surface area contributed by atoms with Crippen molar-refractivity contribution in [2.45, 2.75) is 49.2 Å². The van der Waals surface area contributed by atoms with Gasteiger partial charge in [-0.15, -0.1) is 11.3 Å². The van der Waals surface area contributed by atoms with Crippen molar-refractivity contribution in [3.05, 3.63) is 40.3 Å². The van der Waals surface area contributed by atoms with Gasteiger partial charge < -0.3 is 15.5 Å². The van der Waals surface area contributed by atoms with Gasteiger partial charge in [-0.1, -0.05) is 23.9 Å². The number of hydrogen-bond acceptors (Lipinski definition) is 5. The Morgan fingerprint density at radius 3 is 2.67 bits per heavy atom. The molecule has 4 rings (SSSR count). The predicted molar refractivity (Wildman–Crippen MR) is 122 cm³/mol. The first-order chi connectivity index (χ1) is 14.4. The summed E-state index contributed by atoms with van der Waals surface area (Å²) < 4.78 is -1.31. The normalized spacial score (nSPS) is 20.4. The molecular weight excluding hydrogens is 418 g/mol. The minimum atomic E-state index is -1.31. The Morgan fingerprint density at radius 1 is 1.20 bits per heavy atom. The number of anilines is 2. The fourth-order valence-corrected chi connectivity index (χ4v) is 6.59. The third-order valence-corrected chi connectivity index (χ3v) is 8.27. The zero-order valence-corrected chi connectivity index (χ0v) is 19.0. The summed E-state index contributed by atoms with van der Waals surface area (Å²) in [6.45, 7) is 4.05. The maximum atomic E-state index is 13.4. The number of nitrogens with one attached hydrogen (secondary N) is 2. The number of para-hydroxylation sites is 1. The van der Waals surface area contributed by atoms with Crippen LogP contribution in [0.5, 0.6) is 0 Å². The van der Waals surface area contributed by atoms with Gasteiger partial charge in [0.2, 0.25) is 0 Å². The van der Waals surface area contributed by atoms with E-state index in [0.717, 1.165) is 46.7 Å². The molecule has 1 aliphatic heterocycles. The van der Waals surface area contributed by atoms with E-state index in [-0.39, 0.29) is 11.8 Å². The molecule has 158 valence electrons. The molecule has 8 heteroatoms. The molecule has 0 radical (unpaired) electrons. The SMILES string of the molecule is CCN1C(=O)C(C)(C(=O)Nc2sc3c(c2C(=O)NC)CCCC3)Sc2ccccc21. The van der Waals surface area contributed by atoms with Crippen LogP contribution in [0.2, 0.25) is 0 Å². The molecule has 1 atom stereocenters. The largest absolute Gasteiger partial charge is 0.355 e. The van der Waals surface area contributed by atoms with Gasteiger partial charge in [0.15, 0.2) is 4.75 Å². The Balaban J connectivity index is 1.70. The molecule has 1 unspecified atom stereocenters. The van der Waals surface area contributed by atoms with Crippen molar-refractivity contribution >= 4 is 51.5 Å². The maximum Gasteiger partial charge on any atom is 0.254 e. The zero-order chi connectivity index (χ0) is 21.5. The van der Waals surface area contributed by atoms with Crippen LogP contribution in [0.1, 0.15) is 47.5 Å². The Bertz CT molecular complexity index is 1030. The monoisotopic (exact) mass is 443 g/mol. The van der Waals surface area contributed by atoms with Gasteiger partial charge >= 0.3 is 0 Å². The van der Waals surface area contributed by atoms with Crippen molar-refractivity contribution in [1.29, 1.82) is 0 Å². The second-order valence-electron chi connectivity index (χ2n) is 7.60. The van der Waals surface area contributed by atoms with Gasteiger partial charge in [0.1, 0.15) is 5.00 Å². The topological polar surface area (TPSA) is 78.5 Å². The number of carbonyl (C=O) groups is 3. The van der Waals surface area contributed by atoms with Crippen LogP contribution in [0.3, 0.4) is 0 Å². The average Bonchev–Trinajstić information content (AvgIpc) is 3.12. The molecule has 2 aliphatic rings. The number of thiophene rings is 1. The van der Waals surface area contributed by atoms with Crippen molar-refractivity contribution in [2.24, 2.45) is 0 Å². The average molecular weight is 444 g/mol. The highest BCUT2D eigenvalue weighted by molar-refractivity contribution is 8.02. The van der Waals surface area contributed by atoms with Gasteiger partial charge in [-0.2, -0.15) is 0 Å². The number of benzene rings is 1. The van der Waals surface area contributed by atoms with E-state index in [1.165, 1.54) is 23.1 Å². The lowest BCUT2D eigenvalue weighted by Crippen LogP contribution is -2.54. The highest BCUT2D eigenvalue weighted by Gasteiger charge is 2.49. The van der Waals surface area contributed by atoms with Crippen molar-refractivity contribution in [3.63, 3.8) is 0 Å². The number of fused-ring (bicyclic) bond motifs is 2. The smallest absolute Gasteiger partial charge is 0.254 e. The molecule has 3 amide bonds. The summed E-state index contributed by atoms with van der Waals surface area (Å²) in [4.78, 5) is 43.1. The number of amides is 3. The number of nitrogens with zero attached hydrogens (tertiary/aromatic N) is 1. The van der Waals surface area contributed by atoms with E-state index >= 15 is 0 Å². The van der Waals surface area contributed by atoms with E-state index in [1.54, 1.807) is 18.9 Å². The molecule has 0 bridgehead atoms. The van der Waals surface area contributed by atoms with E-state index in [0.29, 0.717) is 17.1 Å². The molecule has 2 heterocycles. The number of rotatable bonds is 4. The van der Waals surface area contributed by atoms with Gasteiger partial charge in [0.25, 0.3) is 17.7 Å². The Kier molecular flexibility index (Phi) is 5.63. The lowest BCUT2D eigenvalue weighted by molar-refractivity contribution is -0.128. The van der Waals surface area contributed by atoms with E-state index in [2.05, 4.69) is 10.6 Å². The summed E-state index contributed by atoms with van der Waals surface area (Å²) in [5.74, 6) is -0.832. The lowest BCUT2D eigenvalue weighted by atomic mass is 9.95. The molecule has 2 N–H and O–H groups in total. The second-order valence-corrected chi connectivity index (χ2v) is 10.2. The third kappa shape index (κ3) is 3.32. The molecule has 0 fully saturated rings. The van der Waals surface area contributed by atoms with Crippen LogP contribution in [0, 0.1) is 0 Å². The molecule has 1 aromatic heterocycles. The number of hydrogen-bond donors (Lipinski definition) is 2. The Hall–Kier alpha value is -2.32. The molecule has 0 saturated carbocycles. The van der Waals surface area contributed by atoms with Crippen LogP contribution in [0.15, 0.2) is 29.2 Å². The molecule has 0 saturated heterocycles. The van der Waals surface area contributed by atoms with Crippen LogP contribution < -0.4 is 15.5 Å². The van der Waals surface area contributed by atoms with E-state index < -0.39 is 10.7 Å². The summed E-state index contributed by atoms with van der Waals surface area (Å²) in [5.41, 5.74) is 2.42. The van der Waals surface area contributed by atoms with Crippen LogP contribution in [-0.2, 0) is 22.4 Å². The molecule has 2 aromatic rings. The van der Waals surface area contributed by atoms with Gasteiger partial charge in [0, 0.05) is 23.4 Å². The Morgan fingerprint density at radius 2 is 1.93 bits per heavy atom. The molecule has 0 spiro atoms. The summed E-state index contributed by atoms with van der Waals surface area (Å²) in [6, 6.07) is 7.63. The van der Waals surface area contributed by atoms with Gasteiger partial charge in [-0.25, -0.2) is 0 Å². The number of thioether (sulfide) groups is 1. The fourth-order valence-electron chi connectivity index (χ4n) is 4.10. The minimum Gasteiger partial charge on any atom is -0.355 e. The maximum absolute atomic E-state index is 13.4. The van der Waals surface area contributed by atoms with Crippen LogP contribution in [0.4, 0.5) is 10.7 Å². The molecular formula is C22H25N3O3S2. The van der Waals surface area contributed by atoms with Crippen molar-refractivity contribution in [3.8, 4) is 0 Å². The van der Waals surface area contributed by atoms with Gasteiger partial charge in [-0.05, 0) is 57.2 Å². The first-order valence-corrected chi connectivity index (χ1v) is 11.8. The minimum absolute atomic E-state index is 0.196. The zero-order valence-electron chi connectivity index (χ0n) is 17.3. The Labute approximate surface area is 184 Å². The highest BCUT2D eigenvalue weighted by Crippen LogP contribution is 2.46. The van der Waals surface area contributed by atoms with E-state index in [9.17, 15) is 14.4 Å².